The number of para-hydroxylation sites is 1. The van der Waals surface area contributed by atoms with Crippen molar-refractivity contribution in [3.63, 3.8) is 0 Å². The molecule has 0 radical (unpaired) electrons. The number of nitrogens with zero attached hydrogens (tertiary/aromatic N) is 4. The standard InChI is InChI=1S/C15H18ClN5O/c16-13-18-14(17-12-6-2-1-3-7-12)20-15(19-13)21-8-4-5-11(9-21)10-22/h1-3,6-7,11,22H,4-5,8-10H2,(H,17,18,19,20). The van der Waals surface area contributed by atoms with Crippen LogP contribution in [0.4, 0.5) is 17.6 Å². The van der Waals surface area contributed by atoms with Crippen molar-refractivity contribution >= 4 is 29.2 Å². The van der Waals surface area contributed by atoms with Gasteiger partial charge in [0.15, 0.2) is 0 Å². The van der Waals surface area contributed by atoms with Gasteiger partial charge in [0.2, 0.25) is 17.2 Å². The Bertz CT molecular complexity index is 625. The van der Waals surface area contributed by atoms with Crippen LogP contribution in [-0.4, -0.2) is 39.8 Å². The Morgan fingerprint density at radius 2 is 2.05 bits per heavy atom. The fourth-order valence-corrected chi connectivity index (χ4v) is 2.74. The van der Waals surface area contributed by atoms with Crippen LogP contribution in [-0.2, 0) is 0 Å². The highest BCUT2D eigenvalue weighted by Gasteiger charge is 2.22. The monoisotopic (exact) mass is 319 g/mol. The zero-order chi connectivity index (χ0) is 15.4. The van der Waals surface area contributed by atoms with Crippen LogP contribution in [0.2, 0.25) is 5.28 Å². The molecular formula is C15H18ClN5O. The van der Waals surface area contributed by atoms with Crippen molar-refractivity contribution in [2.75, 3.05) is 29.9 Å². The summed E-state index contributed by atoms with van der Waals surface area (Å²) < 4.78 is 0. The number of nitrogens with one attached hydrogen (secondary N) is 1. The van der Waals surface area contributed by atoms with E-state index in [1.54, 1.807) is 0 Å². The normalized spacial score (nSPS) is 18.3. The summed E-state index contributed by atoms with van der Waals surface area (Å²) >= 11 is 6.03. The third-order valence-corrected chi connectivity index (χ3v) is 3.86. The number of aliphatic hydroxyl groups is 1. The lowest BCUT2D eigenvalue weighted by Gasteiger charge is -2.31. The van der Waals surface area contributed by atoms with Gasteiger partial charge in [0.05, 0.1) is 0 Å². The maximum atomic E-state index is 9.34. The highest BCUT2D eigenvalue weighted by atomic mass is 35.5. The lowest BCUT2D eigenvalue weighted by Crippen LogP contribution is -2.38. The predicted molar refractivity (Wildman–Crippen MR) is 86.6 cm³/mol. The van der Waals surface area contributed by atoms with Crippen LogP contribution in [0.15, 0.2) is 30.3 Å². The van der Waals surface area contributed by atoms with Gasteiger partial charge in [-0.1, -0.05) is 18.2 Å². The molecule has 1 aliphatic heterocycles. The van der Waals surface area contributed by atoms with Crippen molar-refractivity contribution in [2.45, 2.75) is 12.8 Å². The molecule has 0 amide bonds. The fourth-order valence-electron chi connectivity index (χ4n) is 2.58. The van der Waals surface area contributed by atoms with Crippen LogP contribution in [0.3, 0.4) is 0 Å². The van der Waals surface area contributed by atoms with E-state index in [9.17, 15) is 5.11 Å². The van der Waals surface area contributed by atoms with Crippen LogP contribution in [0.25, 0.3) is 0 Å². The molecule has 6 nitrogen and oxygen atoms in total. The number of aliphatic hydroxyl groups excluding tert-OH is 1. The summed E-state index contributed by atoms with van der Waals surface area (Å²) in [5, 5.41) is 12.6. The molecule has 1 aliphatic rings. The maximum Gasteiger partial charge on any atom is 0.233 e. The van der Waals surface area contributed by atoms with Crippen molar-refractivity contribution in [1.82, 2.24) is 15.0 Å². The van der Waals surface area contributed by atoms with E-state index in [0.29, 0.717) is 11.9 Å². The van der Waals surface area contributed by atoms with Crippen LogP contribution >= 0.6 is 11.6 Å². The Hall–Kier alpha value is -1.92. The maximum absolute atomic E-state index is 9.34. The van der Waals surface area contributed by atoms with Crippen molar-refractivity contribution in [1.29, 1.82) is 0 Å². The Kier molecular flexibility index (Phi) is 4.70. The van der Waals surface area contributed by atoms with Gasteiger partial charge in [-0.2, -0.15) is 15.0 Å². The highest BCUT2D eigenvalue weighted by molar-refractivity contribution is 6.28. The van der Waals surface area contributed by atoms with E-state index in [1.165, 1.54) is 0 Å². The number of aromatic nitrogens is 3. The number of piperidine rings is 1. The molecule has 1 saturated heterocycles. The Labute approximate surface area is 134 Å². The number of halogens is 1. The lowest BCUT2D eigenvalue weighted by molar-refractivity contribution is 0.208. The van der Waals surface area contributed by atoms with Gasteiger partial charge >= 0.3 is 0 Å². The van der Waals surface area contributed by atoms with E-state index in [4.69, 9.17) is 11.6 Å². The number of benzene rings is 1. The average molecular weight is 320 g/mol. The second kappa shape index (κ2) is 6.89. The molecule has 1 unspecified atom stereocenters. The molecule has 2 heterocycles. The highest BCUT2D eigenvalue weighted by Crippen LogP contribution is 2.22. The molecule has 1 fully saturated rings. The molecule has 0 aliphatic carbocycles. The number of rotatable bonds is 4. The number of hydrogen-bond donors (Lipinski definition) is 2. The van der Waals surface area contributed by atoms with Crippen LogP contribution in [0.5, 0.6) is 0 Å². The summed E-state index contributed by atoms with van der Waals surface area (Å²) in [6.45, 7) is 1.79. The molecule has 1 aromatic heterocycles. The quantitative estimate of drug-likeness (QED) is 0.902. The molecule has 2 aromatic rings. The predicted octanol–water partition coefficient (Wildman–Crippen LogP) is 2.48. The minimum Gasteiger partial charge on any atom is -0.396 e. The Morgan fingerprint density at radius 3 is 2.82 bits per heavy atom. The largest absolute Gasteiger partial charge is 0.396 e. The van der Waals surface area contributed by atoms with Crippen LogP contribution < -0.4 is 10.2 Å². The van der Waals surface area contributed by atoms with E-state index in [0.717, 1.165) is 31.6 Å². The van der Waals surface area contributed by atoms with Gasteiger partial charge in [0, 0.05) is 25.4 Å². The van der Waals surface area contributed by atoms with Crippen molar-refractivity contribution in [3.05, 3.63) is 35.6 Å². The van der Waals surface area contributed by atoms with Gasteiger partial charge in [0.25, 0.3) is 0 Å². The molecular weight excluding hydrogens is 302 g/mol. The first-order chi connectivity index (χ1) is 10.7. The van der Waals surface area contributed by atoms with Gasteiger partial charge in [-0.05, 0) is 42.5 Å². The molecule has 2 N–H and O–H groups in total. The van der Waals surface area contributed by atoms with Crippen molar-refractivity contribution < 1.29 is 5.11 Å². The molecule has 116 valence electrons. The second-order valence-electron chi connectivity index (χ2n) is 5.36. The van der Waals surface area contributed by atoms with E-state index >= 15 is 0 Å². The van der Waals surface area contributed by atoms with Crippen LogP contribution in [0, 0.1) is 5.92 Å². The minimum absolute atomic E-state index is 0.162. The zero-order valence-electron chi connectivity index (χ0n) is 12.1. The molecule has 1 aromatic carbocycles. The molecule has 0 bridgehead atoms. The summed E-state index contributed by atoms with van der Waals surface area (Å²) in [4.78, 5) is 14.8. The summed E-state index contributed by atoms with van der Waals surface area (Å²) in [6.07, 6.45) is 2.04. The van der Waals surface area contributed by atoms with Gasteiger partial charge in [0.1, 0.15) is 0 Å². The lowest BCUT2D eigenvalue weighted by atomic mass is 9.99. The van der Waals surface area contributed by atoms with Gasteiger partial charge in [-0.25, -0.2) is 0 Å². The Balaban J connectivity index is 1.80. The molecule has 1 atom stereocenters. The summed E-state index contributed by atoms with van der Waals surface area (Å²) in [7, 11) is 0. The topological polar surface area (TPSA) is 74.2 Å². The fraction of sp³-hybridized carbons (Fsp3) is 0.400. The summed E-state index contributed by atoms with van der Waals surface area (Å²) in [5.41, 5.74) is 0.891. The number of hydrogen-bond acceptors (Lipinski definition) is 6. The Morgan fingerprint density at radius 1 is 1.23 bits per heavy atom. The zero-order valence-corrected chi connectivity index (χ0v) is 12.9. The summed E-state index contributed by atoms with van der Waals surface area (Å²) in [5.74, 6) is 1.23. The first-order valence-corrected chi connectivity index (χ1v) is 7.72. The van der Waals surface area contributed by atoms with Gasteiger partial charge < -0.3 is 15.3 Å². The van der Waals surface area contributed by atoms with Gasteiger partial charge in [-0.3, -0.25) is 0 Å². The van der Waals surface area contributed by atoms with Gasteiger partial charge in [-0.15, -0.1) is 0 Å². The van der Waals surface area contributed by atoms with E-state index in [2.05, 4.69) is 20.3 Å². The molecule has 7 heteroatoms. The van der Waals surface area contributed by atoms with Crippen LogP contribution in [0.1, 0.15) is 12.8 Å². The van der Waals surface area contributed by atoms with E-state index in [1.807, 2.05) is 35.2 Å². The molecule has 3 rings (SSSR count). The number of anilines is 3. The SMILES string of the molecule is OCC1CCCN(c2nc(Cl)nc(Nc3ccccc3)n2)C1. The molecule has 0 saturated carbocycles. The van der Waals surface area contributed by atoms with E-state index < -0.39 is 0 Å². The first kappa shape index (κ1) is 15.0. The second-order valence-corrected chi connectivity index (χ2v) is 5.69. The first-order valence-electron chi connectivity index (χ1n) is 7.34. The van der Waals surface area contributed by atoms with Crippen molar-refractivity contribution in [2.24, 2.45) is 5.92 Å². The average Bonchev–Trinajstić information content (AvgIpc) is 2.55. The van der Waals surface area contributed by atoms with Crippen molar-refractivity contribution in [3.8, 4) is 0 Å². The molecule has 22 heavy (non-hydrogen) atoms. The third-order valence-electron chi connectivity index (χ3n) is 3.69. The minimum atomic E-state index is 0.162. The smallest absolute Gasteiger partial charge is 0.233 e. The summed E-state index contributed by atoms with van der Waals surface area (Å²) in [6, 6.07) is 9.67. The molecule has 0 spiro atoms. The third kappa shape index (κ3) is 3.64. The van der Waals surface area contributed by atoms with E-state index in [-0.39, 0.29) is 17.8 Å².